The number of hydrogen-bond acceptors (Lipinski definition) is 3. The summed E-state index contributed by atoms with van der Waals surface area (Å²) in [5.41, 5.74) is 8.10. The molecule has 17 heavy (non-hydrogen) atoms. The van der Waals surface area contributed by atoms with E-state index in [-0.39, 0.29) is 6.04 Å². The van der Waals surface area contributed by atoms with Crippen molar-refractivity contribution in [2.45, 2.75) is 25.8 Å². The van der Waals surface area contributed by atoms with E-state index in [1.165, 1.54) is 0 Å². The van der Waals surface area contributed by atoms with Crippen LogP contribution in [0.2, 0.25) is 0 Å². The molecule has 0 spiro atoms. The lowest BCUT2D eigenvalue weighted by molar-refractivity contribution is 0.606. The minimum absolute atomic E-state index is 0.0217. The van der Waals surface area contributed by atoms with Gasteiger partial charge in [0.15, 0.2) is 0 Å². The lowest BCUT2D eigenvalue weighted by atomic mass is 10.1. The summed E-state index contributed by atoms with van der Waals surface area (Å²) in [6.07, 6.45) is 5.50. The van der Waals surface area contributed by atoms with Crippen LogP contribution in [0, 0.1) is 6.92 Å². The van der Waals surface area contributed by atoms with Crippen molar-refractivity contribution < 1.29 is 0 Å². The van der Waals surface area contributed by atoms with Crippen LogP contribution < -0.4 is 5.73 Å². The van der Waals surface area contributed by atoms with Crippen molar-refractivity contribution in [3.05, 3.63) is 47.8 Å². The summed E-state index contributed by atoms with van der Waals surface area (Å²) in [6.45, 7) is 1.98. The molecule has 1 atom stereocenters. The van der Waals surface area contributed by atoms with Gasteiger partial charge in [0.1, 0.15) is 5.82 Å². The molecule has 2 N–H and O–H groups in total. The fourth-order valence-corrected chi connectivity index (χ4v) is 1.84. The van der Waals surface area contributed by atoms with Gasteiger partial charge in [-0.1, -0.05) is 6.07 Å². The highest BCUT2D eigenvalue weighted by atomic mass is 15.0. The van der Waals surface area contributed by atoms with E-state index in [2.05, 4.69) is 9.97 Å². The molecule has 0 bridgehead atoms. The molecule has 2 aromatic heterocycles. The van der Waals surface area contributed by atoms with Gasteiger partial charge in [-0.3, -0.25) is 4.98 Å². The largest absolute Gasteiger partial charge is 0.338 e. The number of nitrogens with zero attached hydrogens (tertiary/aromatic N) is 3. The maximum absolute atomic E-state index is 6.13. The van der Waals surface area contributed by atoms with Gasteiger partial charge in [0, 0.05) is 37.6 Å². The van der Waals surface area contributed by atoms with E-state index < -0.39 is 0 Å². The molecule has 4 heteroatoms. The molecule has 4 nitrogen and oxygen atoms in total. The number of imidazole rings is 1. The fourth-order valence-electron chi connectivity index (χ4n) is 1.84. The number of rotatable bonds is 4. The Morgan fingerprint density at radius 1 is 1.41 bits per heavy atom. The molecule has 1 unspecified atom stereocenters. The van der Waals surface area contributed by atoms with Crippen molar-refractivity contribution in [1.29, 1.82) is 0 Å². The van der Waals surface area contributed by atoms with Crippen molar-refractivity contribution >= 4 is 0 Å². The minimum atomic E-state index is -0.0217. The maximum atomic E-state index is 6.13. The maximum Gasteiger partial charge on any atom is 0.108 e. The Morgan fingerprint density at radius 3 is 2.88 bits per heavy atom. The lowest BCUT2D eigenvalue weighted by Gasteiger charge is -2.11. The van der Waals surface area contributed by atoms with Gasteiger partial charge >= 0.3 is 0 Å². The molecule has 0 aliphatic heterocycles. The average Bonchev–Trinajstić information content (AvgIpc) is 2.72. The summed E-state index contributed by atoms with van der Waals surface area (Å²) < 4.78 is 2.02. The highest BCUT2D eigenvalue weighted by Gasteiger charge is 2.09. The summed E-state index contributed by atoms with van der Waals surface area (Å²) in [5, 5.41) is 0. The zero-order chi connectivity index (χ0) is 12.3. The predicted molar refractivity (Wildman–Crippen MR) is 67.4 cm³/mol. The highest BCUT2D eigenvalue weighted by molar-refractivity contribution is 5.13. The average molecular weight is 230 g/mol. The third-order valence-electron chi connectivity index (χ3n) is 2.89. The van der Waals surface area contributed by atoms with Crippen LogP contribution >= 0.6 is 0 Å². The van der Waals surface area contributed by atoms with E-state index in [4.69, 9.17) is 5.73 Å². The van der Waals surface area contributed by atoms with Gasteiger partial charge in [-0.25, -0.2) is 4.98 Å². The molecule has 2 aromatic rings. The predicted octanol–water partition coefficient (Wildman–Crippen LogP) is 1.76. The Hall–Kier alpha value is -1.68. The number of pyridine rings is 1. The zero-order valence-electron chi connectivity index (χ0n) is 10.3. The molecule has 0 saturated heterocycles. The number of aromatic nitrogens is 3. The van der Waals surface area contributed by atoms with Gasteiger partial charge in [-0.2, -0.15) is 0 Å². The van der Waals surface area contributed by atoms with Crippen LogP contribution in [0.25, 0.3) is 0 Å². The molecule has 2 heterocycles. The normalized spacial score (nSPS) is 12.6. The van der Waals surface area contributed by atoms with Crippen molar-refractivity contribution in [3.8, 4) is 0 Å². The Morgan fingerprint density at radius 2 is 2.24 bits per heavy atom. The number of aryl methyl sites for hydroxylation is 3. The Labute approximate surface area is 102 Å². The van der Waals surface area contributed by atoms with Gasteiger partial charge in [-0.15, -0.1) is 0 Å². The van der Waals surface area contributed by atoms with Gasteiger partial charge < -0.3 is 10.3 Å². The summed E-state index contributed by atoms with van der Waals surface area (Å²) in [6, 6.07) is 5.94. The quantitative estimate of drug-likeness (QED) is 0.870. The first kappa shape index (κ1) is 11.8. The van der Waals surface area contributed by atoms with Crippen molar-refractivity contribution in [2.24, 2.45) is 12.8 Å². The second-order valence-corrected chi connectivity index (χ2v) is 4.30. The molecule has 0 radical (unpaired) electrons. The van der Waals surface area contributed by atoms with Gasteiger partial charge in [0.2, 0.25) is 0 Å². The van der Waals surface area contributed by atoms with E-state index in [0.717, 1.165) is 30.1 Å². The molecule has 0 aliphatic rings. The van der Waals surface area contributed by atoms with Crippen LogP contribution in [0.5, 0.6) is 0 Å². The van der Waals surface area contributed by atoms with E-state index in [9.17, 15) is 0 Å². The second-order valence-electron chi connectivity index (χ2n) is 4.30. The van der Waals surface area contributed by atoms with Crippen LogP contribution in [0.15, 0.2) is 30.6 Å². The minimum Gasteiger partial charge on any atom is -0.338 e. The van der Waals surface area contributed by atoms with E-state index >= 15 is 0 Å². The van der Waals surface area contributed by atoms with Crippen LogP contribution in [0.1, 0.15) is 29.7 Å². The molecule has 2 rings (SSSR count). The summed E-state index contributed by atoms with van der Waals surface area (Å²) >= 11 is 0. The fraction of sp³-hybridized carbons (Fsp3) is 0.385. The van der Waals surface area contributed by atoms with Crippen molar-refractivity contribution in [1.82, 2.24) is 14.5 Å². The molecular formula is C13H18N4. The summed E-state index contributed by atoms with van der Waals surface area (Å²) in [7, 11) is 2.00. The Bertz CT molecular complexity index is 490. The Balaban J connectivity index is 1.98. The third-order valence-corrected chi connectivity index (χ3v) is 2.89. The van der Waals surface area contributed by atoms with Crippen LogP contribution in [0.4, 0.5) is 0 Å². The number of hydrogen-bond donors (Lipinski definition) is 1. The molecule has 0 aliphatic carbocycles. The lowest BCUT2D eigenvalue weighted by Crippen LogP contribution is -2.14. The zero-order valence-corrected chi connectivity index (χ0v) is 10.3. The summed E-state index contributed by atoms with van der Waals surface area (Å²) in [4.78, 5) is 8.73. The van der Waals surface area contributed by atoms with E-state index in [1.54, 1.807) is 0 Å². The first-order chi connectivity index (χ1) is 8.16. The van der Waals surface area contributed by atoms with Crippen LogP contribution in [-0.4, -0.2) is 14.5 Å². The first-order valence-electron chi connectivity index (χ1n) is 5.82. The van der Waals surface area contributed by atoms with Gasteiger partial charge in [-0.05, 0) is 25.5 Å². The van der Waals surface area contributed by atoms with Crippen molar-refractivity contribution in [3.63, 3.8) is 0 Å². The van der Waals surface area contributed by atoms with E-state index in [1.807, 2.05) is 49.1 Å². The topological polar surface area (TPSA) is 56.7 Å². The SMILES string of the molecule is Cc1cccc(C(N)CCc2nccn2C)n1. The molecular weight excluding hydrogens is 212 g/mol. The van der Waals surface area contributed by atoms with Gasteiger partial charge in [0.05, 0.1) is 5.69 Å². The second kappa shape index (κ2) is 5.10. The molecule has 0 saturated carbocycles. The van der Waals surface area contributed by atoms with Gasteiger partial charge in [0.25, 0.3) is 0 Å². The monoisotopic (exact) mass is 230 g/mol. The van der Waals surface area contributed by atoms with Crippen LogP contribution in [-0.2, 0) is 13.5 Å². The molecule has 0 amide bonds. The Kier molecular flexibility index (Phi) is 3.54. The smallest absolute Gasteiger partial charge is 0.108 e. The first-order valence-corrected chi connectivity index (χ1v) is 5.82. The van der Waals surface area contributed by atoms with E-state index in [0.29, 0.717) is 0 Å². The van der Waals surface area contributed by atoms with Crippen molar-refractivity contribution in [2.75, 3.05) is 0 Å². The van der Waals surface area contributed by atoms with Crippen LogP contribution in [0.3, 0.4) is 0 Å². The standard InChI is InChI=1S/C13H18N4/c1-10-4-3-5-12(16-10)11(14)6-7-13-15-8-9-17(13)2/h3-5,8-9,11H,6-7,14H2,1-2H3. The molecule has 90 valence electrons. The third kappa shape index (κ3) is 2.91. The number of nitrogens with two attached hydrogens (primary N) is 1. The molecule has 0 aromatic carbocycles. The molecule has 0 fully saturated rings. The highest BCUT2D eigenvalue weighted by Crippen LogP contribution is 2.14. The summed E-state index contributed by atoms with van der Waals surface area (Å²) in [5.74, 6) is 1.06.